The number of nitriles is 1. The molecule has 0 spiro atoms. The maximum atomic E-state index is 9.30. The van der Waals surface area contributed by atoms with Gasteiger partial charge >= 0.3 is 0 Å². The second-order valence-electron chi connectivity index (χ2n) is 8.19. The van der Waals surface area contributed by atoms with Gasteiger partial charge in [0.15, 0.2) is 0 Å². The first-order valence-corrected chi connectivity index (χ1v) is 11.2. The molecule has 0 amide bonds. The first kappa shape index (κ1) is 21.7. The fourth-order valence-corrected chi connectivity index (χ4v) is 4.50. The number of hydrogen-bond acceptors (Lipinski definition) is 7. The van der Waals surface area contributed by atoms with Crippen LogP contribution < -0.4 is 14.4 Å². The van der Waals surface area contributed by atoms with Gasteiger partial charge in [0.25, 0.3) is 0 Å². The number of hydrogen-bond donors (Lipinski definition) is 0. The molecule has 0 N–H and O–H groups in total. The molecule has 1 fully saturated rings. The number of piperazine rings is 1. The standard InChI is InChI=1S/C26H26N6O2/c1-33-22-8-9-23(24(15-22)34-2)31-12-10-30(11-13-31)18-21-14-19-17-28-25(16-27)29-26(19)32(21)20-6-4-3-5-7-20/h3-9,14-15,17H,10-13,18H2,1-2H3. The first-order chi connectivity index (χ1) is 16.7. The SMILES string of the molecule is COc1ccc(N2CCN(Cc3cc4cnc(C#N)nc4n3-c3ccccc3)CC2)c(OC)c1. The molecule has 2 aromatic carbocycles. The van der Waals surface area contributed by atoms with Gasteiger partial charge in [-0.1, -0.05) is 18.2 Å². The molecule has 172 valence electrons. The van der Waals surface area contributed by atoms with Gasteiger partial charge in [0, 0.05) is 61.8 Å². The van der Waals surface area contributed by atoms with Gasteiger partial charge in [-0.15, -0.1) is 0 Å². The van der Waals surface area contributed by atoms with Gasteiger partial charge in [-0.05, 0) is 30.3 Å². The lowest BCUT2D eigenvalue weighted by molar-refractivity contribution is 0.245. The van der Waals surface area contributed by atoms with Gasteiger partial charge in [-0.25, -0.2) is 9.97 Å². The molecular formula is C26H26N6O2. The Morgan fingerprint density at radius 3 is 2.47 bits per heavy atom. The minimum absolute atomic E-state index is 0.177. The smallest absolute Gasteiger partial charge is 0.234 e. The Morgan fingerprint density at radius 1 is 0.971 bits per heavy atom. The third-order valence-corrected chi connectivity index (χ3v) is 6.22. The molecule has 1 saturated heterocycles. The van der Waals surface area contributed by atoms with Crippen molar-refractivity contribution in [3.05, 3.63) is 72.3 Å². The molecule has 4 aromatic rings. The van der Waals surface area contributed by atoms with E-state index in [1.54, 1.807) is 20.4 Å². The number of fused-ring (bicyclic) bond motifs is 1. The van der Waals surface area contributed by atoms with Crippen LogP contribution in [0.1, 0.15) is 11.5 Å². The highest BCUT2D eigenvalue weighted by Crippen LogP contribution is 2.33. The fraction of sp³-hybridized carbons (Fsp3) is 0.269. The summed E-state index contributed by atoms with van der Waals surface area (Å²) in [4.78, 5) is 13.5. The van der Waals surface area contributed by atoms with Crippen molar-refractivity contribution < 1.29 is 9.47 Å². The minimum Gasteiger partial charge on any atom is -0.497 e. The summed E-state index contributed by atoms with van der Waals surface area (Å²) in [5.74, 6) is 1.79. The molecule has 5 rings (SSSR count). The Balaban J connectivity index is 1.38. The van der Waals surface area contributed by atoms with Gasteiger partial charge < -0.3 is 14.4 Å². The summed E-state index contributed by atoms with van der Waals surface area (Å²) in [6, 6.07) is 20.3. The van der Waals surface area contributed by atoms with Crippen LogP contribution in [0.15, 0.2) is 60.8 Å². The second-order valence-corrected chi connectivity index (χ2v) is 8.19. The predicted octanol–water partition coefficient (Wildman–Crippen LogP) is 3.63. The number of nitrogens with zero attached hydrogens (tertiary/aromatic N) is 6. The zero-order valence-electron chi connectivity index (χ0n) is 19.3. The Hall–Kier alpha value is -4.09. The number of anilines is 1. The third-order valence-electron chi connectivity index (χ3n) is 6.22. The lowest BCUT2D eigenvalue weighted by atomic mass is 10.2. The highest BCUT2D eigenvalue weighted by atomic mass is 16.5. The summed E-state index contributed by atoms with van der Waals surface area (Å²) in [5.41, 5.74) is 3.99. The topological polar surface area (TPSA) is 79.4 Å². The number of rotatable bonds is 6. The third kappa shape index (κ3) is 4.14. The number of methoxy groups -OCH3 is 2. The summed E-state index contributed by atoms with van der Waals surface area (Å²) in [5, 5.41) is 10.2. The highest BCUT2D eigenvalue weighted by Gasteiger charge is 2.22. The van der Waals surface area contributed by atoms with Gasteiger partial charge in [0.2, 0.25) is 5.82 Å². The second kappa shape index (κ2) is 9.41. The summed E-state index contributed by atoms with van der Waals surface area (Å²) in [6.45, 7) is 4.40. The quantitative estimate of drug-likeness (QED) is 0.440. The van der Waals surface area contributed by atoms with Crippen LogP contribution in [-0.4, -0.2) is 59.8 Å². The van der Waals surface area contributed by atoms with Gasteiger partial charge in [0.05, 0.1) is 19.9 Å². The molecular weight excluding hydrogens is 428 g/mol. The molecule has 2 aromatic heterocycles. The van der Waals surface area contributed by atoms with Crippen LogP contribution in [0.3, 0.4) is 0 Å². The van der Waals surface area contributed by atoms with E-state index in [1.165, 1.54) is 0 Å². The first-order valence-electron chi connectivity index (χ1n) is 11.2. The van der Waals surface area contributed by atoms with Gasteiger partial charge in [-0.3, -0.25) is 9.47 Å². The molecule has 0 saturated carbocycles. The van der Waals surface area contributed by atoms with E-state index in [0.29, 0.717) is 0 Å². The maximum absolute atomic E-state index is 9.30. The molecule has 1 aliphatic rings. The molecule has 8 heteroatoms. The molecule has 0 aliphatic carbocycles. The van der Waals surface area contributed by atoms with Crippen LogP contribution in [-0.2, 0) is 6.54 Å². The Morgan fingerprint density at radius 2 is 1.76 bits per heavy atom. The van der Waals surface area contributed by atoms with E-state index >= 15 is 0 Å². The average molecular weight is 455 g/mol. The van der Waals surface area contributed by atoms with Crippen LogP contribution in [0.25, 0.3) is 16.7 Å². The molecule has 1 aliphatic heterocycles. The van der Waals surface area contributed by atoms with E-state index in [2.05, 4.69) is 54.7 Å². The number of aromatic nitrogens is 3. The average Bonchev–Trinajstić information content (AvgIpc) is 3.26. The normalized spacial score (nSPS) is 14.2. The van der Waals surface area contributed by atoms with E-state index in [4.69, 9.17) is 9.47 Å². The van der Waals surface area contributed by atoms with Crippen molar-refractivity contribution in [2.24, 2.45) is 0 Å². The van der Waals surface area contributed by atoms with Crippen LogP contribution in [0, 0.1) is 11.3 Å². The van der Waals surface area contributed by atoms with E-state index in [1.807, 2.05) is 30.3 Å². The molecule has 0 bridgehead atoms. The number of para-hydroxylation sites is 1. The van der Waals surface area contributed by atoms with Crippen molar-refractivity contribution in [3.63, 3.8) is 0 Å². The van der Waals surface area contributed by atoms with E-state index in [0.717, 1.165) is 72.3 Å². The Labute approximate surface area is 198 Å². The summed E-state index contributed by atoms with van der Waals surface area (Å²) in [7, 11) is 3.35. The van der Waals surface area contributed by atoms with E-state index < -0.39 is 0 Å². The van der Waals surface area contributed by atoms with Crippen LogP contribution >= 0.6 is 0 Å². The van der Waals surface area contributed by atoms with Crippen LogP contribution in [0.4, 0.5) is 5.69 Å². The molecule has 0 radical (unpaired) electrons. The van der Waals surface area contributed by atoms with Crippen molar-refractivity contribution in [2.45, 2.75) is 6.54 Å². The number of benzene rings is 2. The van der Waals surface area contributed by atoms with Gasteiger partial charge in [0.1, 0.15) is 23.2 Å². The molecule has 34 heavy (non-hydrogen) atoms. The van der Waals surface area contributed by atoms with Crippen molar-refractivity contribution in [2.75, 3.05) is 45.3 Å². The Kier molecular flexibility index (Phi) is 6.02. The molecule has 8 nitrogen and oxygen atoms in total. The molecule has 0 atom stereocenters. The zero-order valence-corrected chi connectivity index (χ0v) is 19.3. The molecule has 3 heterocycles. The van der Waals surface area contributed by atoms with Crippen molar-refractivity contribution in [1.82, 2.24) is 19.4 Å². The zero-order chi connectivity index (χ0) is 23.5. The predicted molar refractivity (Wildman–Crippen MR) is 131 cm³/mol. The minimum atomic E-state index is 0.177. The van der Waals surface area contributed by atoms with Crippen molar-refractivity contribution in [3.8, 4) is 23.3 Å². The van der Waals surface area contributed by atoms with Crippen LogP contribution in [0.2, 0.25) is 0 Å². The summed E-state index contributed by atoms with van der Waals surface area (Å²) >= 11 is 0. The lowest BCUT2D eigenvalue weighted by Gasteiger charge is -2.36. The maximum Gasteiger partial charge on any atom is 0.234 e. The lowest BCUT2D eigenvalue weighted by Crippen LogP contribution is -2.46. The largest absolute Gasteiger partial charge is 0.497 e. The summed E-state index contributed by atoms with van der Waals surface area (Å²) < 4.78 is 13.1. The van der Waals surface area contributed by atoms with Crippen molar-refractivity contribution in [1.29, 1.82) is 5.26 Å². The Bertz CT molecular complexity index is 1340. The summed E-state index contributed by atoms with van der Waals surface area (Å²) in [6.07, 6.45) is 1.73. The van der Waals surface area contributed by atoms with E-state index in [-0.39, 0.29) is 5.82 Å². The highest BCUT2D eigenvalue weighted by molar-refractivity contribution is 5.79. The van der Waals surface area contributed by atoms with E-state index in [9.17, 15) is 5.26 Å². The van der Waals surface area contributed by atoms with Gasteiger partial charge in [-0.2, -0.15) is 5.26 Å². The van der Waals surface area contributed by atoms with Crippen LogP contribution in [0.5, 0.6) is 11.5 Å². The molecule has 0 unspecified atom stereocenters. The van der Waals surface area contributed by atoms with Crippen molar-refractivity contribution >= 4 is 16.7 Å². The number of ether oxygens (including phenoxy) is 2. The monoisotopic (exact) mass is 454 g/mol. The fourth-order valence-electron chi connectivity index (χ4n) is 4.50.